The van der Waals surface area contributed by atoms with Crippen LogP contribution in [-0.2, 0) is 28.6 Å². The van der Waals surface area contributed by atoms with Crippen molar-refractivity contribution in [3.63, 3.8) is 0 Å². The van der Waals surface area contributed by atoms with Crippen molar-refractivity contribution in [2.24, 2.45) is 0 Å². The third-order valence-electron chi connectivity index (χ3n) is 11.1. The Balaban J connectivity index is 4.57. The van der Waals surface area contributed by atoms with E-state index in [1.165, 1.54) is 0 Å². The van der Waals surface area contributed by atoms with Crippen LogP contribution in [0.15, 0.2) is 194 Å². The molecular formula is C69H102O6. The SMILES string of the molecule is CC/C=C\C/C=C\C/C=C\C/C=C\C/C=C\C/C=C\C/C=C\C/C=C\CCCCC(=O)OCC(COC(=O)CCCC/C=C\C/C=C\C/C=C\C/C=C\CC)OC(=O)CCCC/C=C\C/C=C\C/C=C\C/C=C\CC. The first-order valence-corrected chi connectivity index (χ1v) is 28.9. The average Bonchev–Trinajstić information content (AvgIpc) is 3.41. The Morgan fingerprint density at radius 2 is 0.467 bits per heavy atom. The van der Waals surface area contributed by atoms with Crippen LogP contribution in [0.2, 0.25) is 0 Å². The smallest absolute Gasteiger partial charge is 0.306 e. The second-order valence-electron chi connectivity index (χ2n) is 18.0. The lowest BCUT2D eigenvalue weighted by Crippen LogP contribution is -2.30. The lowest BCUT2D eigenvalue weighted by atomic mass is 10.1. The first-order chi connectivity index (χ1) is 37.0. The Morgan fingerprint density at radius 1 is 0.267 bits per heavy atom. The third-order valence-corrected chi connectivity index (χ3v) is 11.1. The molecule has 0 aliphatic heterocycles. The van der Waals surface area contributed by atoms with Crippen LogP contribution in [0, 0.1) is 0 Å². The minimum atomic E-state index is -0.848. The zero-order valence-corrected chi connectivity index (χ0v) is 47.2. The van der Waals surface area contributed by atoms with Gasteiger partial charge in [0.15, 0.2) is 6.10 Å². The lowest BCUT2D eigenvalue weighted by molar-refractivity contribution is -0.167. The first kappa shape index (κ1) is 69.2. The van der Waals surface area contributed by atoms with Crippen LogP contribution in [0.5, 0.6) is 0 Å². The number of carbonyl (C=O) groups excluding carboxylic acids is 3. The van der Waals surface area contributed by atoms with Gasteiger partial charge in [0.1, 0.15) is 13.2 Å². The van der Waals surface area contributed by atoms with Crippen molar-refractivity contribution in [1.82, 2.24) is 0 Å². The fraction of sp³-hybridized carbons (Fsp3) is 0.493. The number of hydrogen-bond donors (Lipinski definition) is 0. The Labute approximate surface area is 458 Å². The van der Waals surface area contributed by atoms with Crippen LogP contribution in [0.3, 0.4) is 0 Å². The van der Waals surface area contributed by atoms with Crippen molar-refractivity contribution in [3.8, 4) is 0 Å². The average molecular weight is 1030 g/mol. The molecule has 0 radical (unpaired) electrons. The standard InChI is InChI=1S/C69H102O6/c1-4-7-10-13-16-19-22-25-28-29-30-31-32-33-34-35-36-37-38-39-42-44-47-50-53-56-59-62-68(71)74-65-66(75-69(72)63-60-57-54-51-48-45-41-27-24-21-18-15-12-9-6-3)64-73-67(70)61-58-55-52-49-46-43-40-26-23-20-17-14-11-8-5-2/h7-12,16-21,25-28,30-31,33-34,36-37,39-42,46-51,66H,4-6,13-15,22-24,29,32,35,38,43-45,52-65H2,1-3H3/b10-7-,11-8-,12-9-,19-16-,20-17-,21-18-,28-25-,31-30-,34-33-,37-36-,40-26-,41-27-,42-39-,49-46-,50-47-,51-48-. The zero-order chi connectivity index (χ0) is 54.3. The number of hydrogen-bond acceptors (Lipinski definition) is 6. The summed E-state index contributed by atoms with van der Waals surface area (Å²) in [6.45, 7) is 6.15. The molecule has 0 aromatic rings. The monoisotopic (exact) mass is 1030 g/mol. The van der Waals surface area contributed by atoms with Crippen LogP contribution >= 0.6 is 0 Å². The molecule has 0 spiro atoms. The molecule has 0 rings (SSSR count). The largest absolute Gasteiger partial charge is 0.462 e. The summed E-state index contributed by atoms with van der Waals surface area (Å²) in [5.41, 5.74) is 0. The van der Waals surface area contributed by atoms with Gasteiger partial charge in [-0.25, -0.2) is 0 Å². The molecule has 0 aliphatic rings. The molecule has 6 heteroatoms. The Hall–Kier alpha value is -5.75. The highest BCUT2D eigenvalue weighted by molar-refractivity contribution is 5.71. The minimum absolute atomic E-state index is 0.142. The molecule has 0 aromatic carbocycles. The third kappa shape index (κ3) is 59.0. The number of esters is 3. The summed E-state index contributed by atoms with van der Waals surface area (Å²) in [6.07, 6.45) is 92.9. The second kappa shape index (κ2) is 60.8. The normalized spacial score (nSPS) is 13.6. The van der Waals surface area contributed by atoms with Gasteiger partial charge >= 0.3 is 17.9 Å². The van der Waals surface area contributed by atoms with Gasteiger partial charge in [-0.05, 0) is 161 Å². The topological polar surface area (TPSA) is 78.9 Å². The van der Waals surface area contributed by atoms with Crippen molar-refractivity contribution in [3.05, 3.63) is 194 Å². The van der Waals surface area contributed by atoms with Crippen LogP contribution in [0.4, 0.5) is 0 Å². The van der Waals surface area contributed by atoms with Gasteiger partial charge in [0, 0.05) is 19.3 Å². The van der Waals surface area contributed by atoms with Gasteiger partial charge in [-0.2, -0.15) is 0 Å². The molecule has 0 N–H and O–H groups in total. The van der Waals surface area contributed by atoms with E-state index in [-0.39, 0.29) is 50.4 Å². The summed E-state index contributed by atoms with van der Waals surface area (Å²) in [4.78, 5) is 38.1. The van der Waals surface area contributed by atoms with E-state index in [4.69, 9.17) is 14.2 Å². The van der Waals surface area contributed by atoms with E-state index in [9.17, 15) is 14.4 Å². The highest BCUT2D eigenvalue weighted by atomic mass is 16.6. The number of allylic oxidation sites excluding steroid dienone is 32. The molecule has 0 fully saturated rings. The fourth-order valence-electron chi connectivity index (χ4n) is 6.85. The number of rotatable bonds is 49. The molecule has 414 valence electrons. The second-order valence-corrected chi connectivity index (χ2v) is 18.0. The van der Waals surface area contributed by atoms with Gasteiger partial charge in [-0.1, -0.05) is 215 Å². The molecule has 0 amide bonds. The van der Waals surface area contributed by atoms with E-state index < -0.39 is 6.10 Å². The van der Waals surface area contributed by atoms with Gasteiger partial charge < -0.3 is 14.2 Å². The van der Waals surface area contributed by atoms with Crippen molar-refractivity contribution in [2.75, 3.05) is 13.2 Å². The maximum atomic E-state index is 12.8. The van der Waals surface area contributed by atoms with Crippen LogP contribution in [0.1, 0.15) is 201 Å². The van der Waals surface area contributed by atoms with Crippen LogP contribution in [0.25, 0.3) is 0 Å². The predicted octanol–water partition coefficient (Wildman–Crippen LogP) is 19.9. The van der Waals surface area contributed by atoms with Crippen molar-refractivity contribution in [2.45, 2.75) is 207 Å². The molecule has 0 bridgehead atoms. The number of carbonyl (C=O) groups is 3. The van der Waals surface area contributed by atoms with E-state index in [0.29, 0.717) is 19.3 Å². The molecule has 6 nitrogen and oxygen atoms in total. The highest BCUT2D eigenvalue weighted by Crippen LogP contribution is 2.10. The lowest BCUT2D eigenvalue weighted by Gasteiger charge is -2.18. The fourth-order valence-corrected chi connectivity index (χ4v) is 6.85. The molecule has 0 aromatic heterocycles. The molecule has 0 heterocycles. The van der Waals surface area contributed by atoms with Gasteiger partial charge in [0.05, 0.1) is 0 Å². The molecular weight excluding hydrogens is 925 g/mol. The molecule has 0 saturated heterocycles. The summed E-state index contributed by atoms with van der Waals surface area (Å²) in [6, 6.07) is 0. The van der Waals surface area contributed by atoms with Gasteiger partial charge in [-0.3, -0.25) is 14.4 Å². The van der Waals surface area contributed by atoms with Crippen LogP contribution in [-0.4, -0.2) is 37.2 Å². The summed E-state index contributed by atoms with van der Waals surface area (Å²) >= 11 is 0. The maximum absolute atomic E-state index is 12.8. The van der Waals surface area contributed by atoms with Gasteiger partial charge in [-0.15, -0.1) is 0 Å². The van der Waals surface area contributed by atoms with Gasteiger partial charge in [0.25, 0.3) is 0 Å². The summed E-state index contributed by atoms with van der Waals surface area (Å²) in [5, 5.41) is 0. The molecule has 0 aliphatic carbocycles. The van der Waals surface area contributed by atoms with Gasteiger partial charge in [0.2, 0.25) is 0 Å². The van der Waals surface area contributed by atoms with Crippen molar-refractivity contribution >= 4 is 17.9 Å². The molecule has 0 saturated carbocycles. The summed E-state index contributed by atoms with van der Waals surface area (Å²) < 4.78 is 16.7. The maximum Gasteiger partial charge on any atom is 0.306 e. The molecule has 1 atom stereocenters. The van der Waals surface area contributed by atoms with Crippen molar-refractivity contribution < 1.29 is 28.6 Å². The van der Waals surface area contributed by atoms with E-state index in [1.54, 1.807) is 0 Å². The Bertz CT molecular complexity index is 1850. The first-order valence-electron chi connectivity index (χ1n) is 28.9. The summed E-state index contributed by atoms with van der Waals surface area (Å²) in [5.74, 6) is -1.08. The Morgan fingerprint density at radius 3 is 0.693 bits per heavy atom. The van der Waals surface area contributed by atoms with Crippen LogP contribution < -0.4 is 0 Å². The zero-order valence-electron chi connectivity index (χ0n) is 47.2. The van der Waals surface area contributed by atoms with Crippen molar-refractivity contribution in [1.29, 1.82) is 0 Å². The molecule has 75 heavy (non-hydrogen) atoms. The molecule has 1 unspecified atom stereocenters. The quantitative estimate of drug-likeness (QED) is 0.0261. The van der Waals surface area contributed by atoms with E-state index in [0.717, 1.165) is 141 Å². The highest BCUT2D eigenvalue weighted by Gasteiger charge is 2.19. The number of ether oxygens (including phenoxy) is 3. The van der Waals surface area contributed by atoms with E-state index in [1.807, 2.05) is 0 Å². The van der Waals surface area contributed by atoms with E-state index >= 15 is 0 Å². The Kier molecular flexibility index (Phi) is 56.1. The minimum Gasteiger partial charge on any atom is -0.462 e. The predicted molar refractivity (Wildman–Crippen MR) is 324 cm³/mol. The number of unbranched alkanes of at least 4 members (excludes halogenated alkanes) is 6. The summed E-state index contributed by atoms with van der Waals surface area (Å²) in [7, 11) is 0. The van der Waals surface area contributed by atoms with E-state index in [2.05, 4.69) is 215 Å².